The van der Waals surface area contributed by atoms with Gasteiger partial charge in [-0.25, -0.2) is 22.5 Å². The first kappa shape index (κ1) is 16.3. The molecular formula is C16H15FN4O2S. The van der Waals surface area contributed by atoms with E-state index >= 15 is 0 Å². The van der Waals surface area contributed by atoms with E-state index in [1.54, 1.807) is 30.3 Å². The van der Waals surface area contributed by atoms with Crippen molar-refractivity contribution in [1.29, 1.82) is 0 Å². The Hall–Kier alpha value is -2.58. The van der Waals surface area contributed by atoms with Crippen LogP contribution < -0.4 is 4.72 Å². The van der Waals surface area contributed by atoms with E-state index in [9.17, 15) is 12.8 Å². The zero-order valence-corrected chi connectivity index (χ0v) is 13.4. The number of hydrogen-bond acceptors (Lipinski definition) is 4. The Bertz CT molecular complexity index is 909. The SMILES string of the molecule is O=S(=O)(NCCc1nc(-c2ccc(F)cc2)n[nH]1)c1ccccc1. The summed E-state index contributed by atoms with van der Waals surface area (Å²) in [6.07, 6.45) is 0.361. The Morgan fingerprint density at radius 3 is 2.46 bits per heavy atom. The molecule has 2 aromatic carbocycles. The zero-order chi connectivity index (χ0) is 17.0. The van der Waals surface area contributed by atoms with E-state index in [0.717, 1.165) is 0 Å². The number of halogens is 1. The monoisotopic (exact) mass is 346 g/mol. The number of nitrogens with zero attached hydrogens (tertiary/aromatic N) is 2. The molecular weight excluding hydrogens is 331 g/mol. The second kappa shape index (κ2) is 6.90. The maximum absolute atomic E-state index is 12.9. The van der Waals surface area contributed by atoms with Gasteiger partial charge in [-0.05, 0) is 36.4 Å². The van der Waals surface area contributed by atoms with Gasteiger partial charge in [-0.2, -0.15) is 5.10 Å². The van der Waals surface area contributed by atoms with Crippen LogP contribution in [0.5, 0.6) is 0 Å². The summed E-state index contributed by atoms with van der Waals surface area (Å²) >= 11 is 0. The molecule has 8 heteroatoms. The highest BCUT2D eigenvalue weighted by Gasteiger charge is 2.13. The normalized spacial score (nSPS) is 11.5. The third-order valence-corrected chi connectivity index (χ3v) is 4.82. The molecule has 0 bridgehead atoms. The van der Waals surface area contributed by atoms with E-state index < -0.39 is 10.0 Å². The number of nitrogens with one attached hydrogen (secondary N) is 2. The van der Waals surface area contributed by atoms with Crippen molar-refractivity contribution < 1.29 is 12.8 Å². The van der Waals surface area contributed by atoms with Crippen LogP contribution in [-0.2, 0) is 16.4 Å². The fraction of sp³-hybridized carbons (Fsp3) is 0.125. The molecule has 124 valence electrons. The van der Waals surface area contributed by atoms with E-state index in [0.29, 0.717) is 23.6 Å². The molecule has 0 aliphatic heterocycles. The van der Waals surface area contributed by atoms with Crippen molar-refractivity contribution in [3.8, 4) is 11.4 Å². The third-order valence-electron chi connectivity index (χ3n) is 3.34. The minimum Gasteiger partial charge on any atom is -0.263 e. The summed E-state index contributed by atoms with van der Waals surface area (Å²) in [4.78, 5) is 4.50. The van der Waals surface area contributed by atoms with Gasteiger partial charge in [0.2, 0.25) is 10.0 Å². The first-order valence-corrected chi connectivity index (χ1v) is 8.75. The molecule has 0 fully saturated rings. The molecule has 1 aromatic heterocycles. The number of aromatic amines is 1. The molecule has 0 saturated heterocycles. The lowest BCUT2D eigenvalue weighted by atomic mass is 10.2. The topological polar surface area (TPSA) is 87.7 Å². The summed E-state index contributed by atoms with van der Waals surface area (Å²) in [5.41, 5.74) is 0.684. The van der Waals surface area contributed by atoms with Gasteiger partial charge in [0.15, 0.2) is 5.82 Å². The molecule has 0 spiro atoms. The summed E-state index contributed by atoms with van der Waals surface area (Å²) in [5.74, 6) is 0.658. The van der Waals surface area contributed by atoms with Crippen molar-refractivity contribution in [1.82, 2.24) is 19.9 Å². The maximum atomic E-state index is 12.9. The summed E-state index contributed by atoms with van der Waals surface area (Å²) in [7, 11) is -3.53. The predicted octanol–water partition coefficient (Wildman–Crippen LogP) is 2.13. The fourth-order valence-corrected chi connectivity index (χ4v) is 3.17. The Balaban J connectivity index is 1.61. The highest BCUT2D eigenvalue weighted by atomic mass is 32.2. The molecule has 0 amide bonds. The molecule has 2 N–H and O–H groups in total. The van der Waals surface area contributed by atoms with Crippen LogP contribution in [0.15, 0.2) is 59.5 Å². The molecule has 0 aliphatic rings. The predicted molar refractivity (Wildman–Crippen MR) is 87.1 cm³/mol. The first-order valence-electron chi connectivity index (χ1n) is 7.26. The summed E-state index contributed by atoms with van der Waals surface area (Å²) in [6, 6.07) is 14.0. The molecule has 6 nitrogen and oxygen atoms in total. The van der Waals surface area contributed by atoms with Crippen molar-refractivity contribution in [2.24, 2.45) is 0 Å². The summed E-state index contributed by atoms with van der Waals surface area (Å²) in [6.45, 7) is 0.190. The van der Waals surface area contributed by atoms with Gasteiger partial charge in [-0.1, -0.05) is 18.2 Å². The van der Waals surface area contributed by atoms with Gasteiger partial charge in [0.05, 0.1) is 4.90 Å². The average molecular weight is 346 g/mol. The number of benzene rings is 2. The van der Waals surface area contributed by atoms with E-state index in [2.05, 4.69) is 19.9 Å². The van der Waals surface area contributed by atoms with Crippen molar-refractivity contribution in [3.63, 3.8) is 0 Å². The Labute approximate surface area is 138 Å². The number of aromatic nitrogens is 3. The van der Waals surface area contributed by atoms with Crippen LogP contribution in [0, 0.1) is 5.82 Å². The van der Waals surface area contributed by atoms with Crippen LogP contribution in [0.4, 0.5) is 4.39 Å². The minimum atomic E-state index is -3.53. The quantitative estimate of drug-likeness (QED) is 0.716. The summed E-state index contributed by atoms with van der Waals surface area (Å²) in [5, 5.41) is 6.81. The van der Waals surface area contributed by atoms with Gasteiger partial charge in [0.1, 0.15) is 11.6 Å². The molecule has 0 aliphatic carbocycles. The lowest BCUT2D eigenvalue weighted by Crippen LogP contribution is -2.26. The van der Waals surface area contributed by atoms with Crippen LogP contribution >= 0.6 is 0 Å². The van der Waals surface area contributed by atoms with Crippen LogP contribution in [0.1, 0.15) is 5.82 Å². The highest BCUT2D eigenvalue weighted by Crippen LogP contribution is 2.15. The number of sulfonamides is 1. The van der Waals surface area contributed by atoms with Crippen molar-refractivity contribution >= 4 is 10.0 Å². The van der Waals surface area contributed by atoms with Gasteiger partial charge < -0.3 is 0 Å². The second-order valence-electron chi connectivity index (χ2n) is 5.07. The van der Waals surface area contributed by atoms with E-state index in [1.165, 1.54) is 24.3 Å². The third kappa shape index (κ3) is 3.84. The Kier molecular flexibility index (Phi) is 4.68. The van der Waals surface area contributed by atoms with Gasteiger partial charge in [0, 0.05) is 18.5 Å². The van der Waals surface area contributed by atoms with Crippen molar-refractivity contribution in [2.75, 3.05) is 6.54 Å². The lowest BCUT2D eigenvalue weighted by Gasteiger charge is -2.05. The molecule has 0 saturated carbocycles. The van der Waals surface area contributed by atoms with Gasteiger partial charge in [-0.3, -0.25) is 5.10 Å². The molecule has 0 unspecified atom stereocenters. The maximum Gasteiger partial charge on any atom is 0.240 e. The van der Waals surface area contributed by atoms with Crippen molar-refractivity contribution in [3.05, 3.63) is 66.2 Å². The van der Waals surface area contributed by atoms with Crippen LogP contribution in [0.25, 0.3) is 11.4 Å². The summed E-state index contributed by atoms with van der Waals surface area (Å²) < 4.78 is 39.6. The lowest BCUT2D eigenvalue weighted by molar-refractivity contribution is 0.581. The number of H-pyrrole nitrogens is 1. The highest BCUT2D eigenvalue weighted by molar-refractivity contribution is 7.89. The Morgan fingerprint density at radius 1 is 1.04 bits per heavy atom. The smallest absolute Gasteiger partial charge is 0.240 e. The van der Waals surface area contributed by atoms with E-state index in [4.69, 9.17) is 0 Å². The minimum absolute atomic E-state index is 0.190. The molecule has 24 heavy (non-hydrogen) atoms. The largest absolute Gasteiger partial charge is 0.263 e. The standard InChI is InChI=1S/C16H15FN4O2S/c17-13-8-6-12(7-9-13)16-19-15(20-21-16)10-11-18-24(22,23)14-4-2-1-3-5-14/h1-9,18H,10-11H2,(H,19,20,21). The second-order valence-corrected chi connectivity index (χ2v) is 6.84. The van der Waals surface area contributed by atoms with Crippen LogP contribution in [-0.4, -0.2) is 30.1 Å². The number of rotatable bonds is 6. The molecule has 3 rings (SSSR count). The first-order chi connectivity index (χ1) is 11.5. The molecule has 0 radical (unpaired) electrons. The Morgan fingerprint density at radius 2 is 1.75 bits per heavy atom. The molecule has 0 atom stereocenters. The van der Waals surface area contributed by atoms with Gasteiger partial charge >= 0.3 is 0 Å². The van der Waals surface area contributed by atoms with Crippen LogP contribution in [0.2, 0.25) is 0 Å². The fourth-order valence-electron chi connectivity index (χ4n) is 2.12. The van der Waals surface area contributed by atoms with Crippen LogP contribution in [0.3, 0.4) is 0 Å². The zero-order valence-electron chi connectivity index (χ0n) is 12.6. The van der Waals surface area contributed by atoms with E-state index in [1.807, 2.05) is 0 Å². The van der Waals surface area contributed by atoms with Gasteiger partial charge in [-0.15, -0.1) is 0 Å². The number of hydrogen-bond donors (Lipinski definition) is 2. The van der Waals surface area contributed by atoms with Crippen molar-refractivity contribution in [2.45, 2.75) is 11.3 Å². The van der Waals surface area contributed by atoms with Gasteiger partial charge in [0.25, 0.3) is 0 Å². The molecule has 3 aromatic rings. The average Bonchev–Trinajstić information content (AvgIpc) is 3.05. The van der Waals surface area contributed by atoms with E-state index in [-0.39, 0.29) is 17.3 Å². The molecule has 1 heterocycles.